The first kappa shape index (κ1) is 28.1. The number of nitrogens with zero attached hydrogens (tertiary/aromatic N) is 3. The van der Waals surface area contributed by atoms with Crippen LogP contribution >= 0.6 is 0 Å². The van der Waals surface area contributed by atoms with Crippen molar-refractivity contribution in [2.45, 2.75) is 59.4 Å². The number of hydrogen-bond donors (Lipinski definition) is 1. The molecule has 0 radical (unpaired) electrons. The highest BCUT2D eigenvalue weighted by molar-refractivity contribution is 5.95. The summed E-state index contributed by atoms with van der Waals surface area (Å²) in [7, 11) is 2.22. The lowest BCUT2D eigenvalue weighted by Crippen LogP contribution is -2.58. The van der Waals surface area contributed by atoms with Gasteiger partial charge in [-0.3, -0.25) is 9.78 Å². The van der Waals surface area contributed by atoms with E-state index in [1.807, 2.05) is 19.2 Å². The van der Waals surface area contributed by atoms with Gasteiger partial charge >= 0.3 is 0 Å². The number of amides is 1. The molecule has 2 fully saturated rings. The fourth-order valence-corrected chi connectivity index (χ4v) is 6.58. The molecule has 1 aliphatic carbocycles. The Bertz CT molecular complexity index is 1340. The van der Waals surface area contributed by atoms with Crippen LogP contribution in [-0.4, -0.2) is 49.0 Å². The fourth-order valence-electron chi connectivity index (χ4n) is 6.58. The molecule has 1 spiro atoms. The van der Waals surface area contributed by atoms with E-state index >= 15 is 0 Å². The number of nitrogens with one attached hydrogen (secondary N) is 1. The normalized spacial score (nSPS) is 16.7. The first-order valence-corrected chi connectivity index (χ1v) is 14.9. The first-order valence-electron chi connectivity index (χ1n) is 14.9. The summed E-state index contributed by atoms with van der Waals surface area (Å²) < 4.78 is 0. The van der Waals surface area contributed by atoms with E-state index in [9.17, 15) is 4.79 Å². The lowest BCUT2D eigenvalue weighted by atomic mass is 9.59. The highest BCUT2D eigenvalue weighted by atomic mass is 16.1. The molecule has 2 heterocycles. The number of aromatic nitrogens is 1. The van der Waals surface area contributed by atoms with Crippen LogP contribution in [0.4, 0.5) is 5.69 Å². The third kappa shape index (κ3) is 6.00. The van der Waals surface area contributed by atoms with E-state index < -0.39 is 0 Å². The summed E-state index contributed by atoms with van der Waals surface area (Å²) in [6.45, 7) is 12.9. The highest BCUT2D eigenvalue weighted by Gasteiger charge is 2.49. The number of anilines is 1. The predicted molar refractivity (Wildman–Crippen MR) is 166 cm³/mol. The molecule has 1 amide bonds. The summed E-state index contributed by atoms with van der Waals surface area (Å²) in [6.07, 6.45) is 8.02. The number of likely N-dealkylation sites (tertiary alicyclic amines) is 1. The van der Waals surface area contributed by atoms with Gasteiger partial charge in [0.15, 0.2) is 0 Å². The standard InChI is InChI=1S/C35H44N4O/c1-6-16-39(17-7-2)32-18-30(21-36-22-32)34(40)37-26(4)27-12-14-29(15-13-27)33(28-10-8-25(3)9-11-28)31-19-35(20-31)23-38(5)24-35/h8-15,18,21-22,26H,6-7,16-17,19-20,23-24H2,1-5H3,(H,37,40)/t26-/m1/s1. The van der Waals surface area contributed by atoms with Crippen LogP contribution in [0.1, 0.15) is 85.1 Å². The van der Waals surface area contributed by atoms with Crippen molar-refractivity contribution in [1.82, 2.24) is 15.2 Å². The van der Waals surface area contributed by atoms with Gasteiger partial charge in [0.1, 0.15) is 0 Å². The molecule has 2 aliphatic rings. The van der Waals surface area contributed by atoms with Crippen LogP contribution in [0.15, 0.2) is 72.6 Å². The number of aryl methyl sites for hydroxylation is 1. The van der Waals surface area contributed by atoms with Crippen LogP contribution in [0.2, 0.25) is 0 Å². The third-order valence-corrected chi connectivity index (χ3v) is 8.47. The maximum absolute atomic E-state index is 13.2. The summed E-state index contributed by atoms with van der Waals surface area (Å²) in [5.74, 6) is -0.0911. The van der Waals surface area contributed by atoms with Gasteiger partial charge in [-0.05, 0) is 74.9 Å². The largest absolute Gasteiger partial charge is 0.370 e. The molecule has 1 saturated carbocycles. The van der Waals surface area contributed by atoms with Gasteiger partial charge in [-0.2, -0.15) is 0 Å². The van der Waals surface area contributed by atoms with Crippen LogP contribution in [-0.2, 0) is 0 Å². The van der Waals surface area contributed by atoms with Gasteiger partial charge in [-0.25, -0.2) is 0 Å². The van der Waals surface area contributed by atoms with E-state index in [4.69, 9.17) is 0 Å². The van der Waals surface area contributed by atoms with Crippen LogP contribution in [0.5, 0.6) is 0 Å². The van der Waals surface area contributed by atoms with Crippen LogP contribution in [0.3, 0.4) is 0 Å². The summed E-state index contributed by atoms with van der Waals surface area (Å²) in [4.78, 5) is 22.3. The summed E-state index contributed by atoms with van der Waals surface area (Å²) in [6, 6.07) is 19.6. The van der Waals surface area contributed by atoms with Gasteiger partial charge in [0.05, 0.1) is 23.5 Å². The molecule has 1 aromatic heterocycles. The molecular formula is C35H44N4O. The van der Waals surface area contributed by atoms with E-state index in [2.05, 4.69) is 96.5 Å². The van der Waals surface area contributed by atoms with Crippen molar-refractivity contribution in [3.05, 3.63) is 100 Å². The van der Waals surface area contributed by atoms with Gasteiger partial charge in [0.25, 0.3) is 5.91 Å². The Hall–Kier alpha value is -3.44. The minimum atomic E-state index is -0.111. The molecule has 5 heteroatoms. The van der Waals surface area contributed by atoms with E-state index in [-0.39, 0.29) is 11.9 Å². The van der Waals surface area contributed by atoms with Crippen molar-refractivity contribution in [2.75, 3.05) is 38.1 Å². The molecule has 1 N–H and O–H groups in total. The molecule has 1 saturated heterocycles. The van der Waals surface area contributed by atoms with Gasteiger partial charge in [-0.1, -0.05) is 73.5 Å². The maximum Gasteiger partial charge on any atom is 0.253 e. The van der Waals surface area contributed by atoms with E-state index in [0.717, 1.165) is 37.2 Å². The van der Waals surface area contributed by atoms with Crippen molar-refractivity contribution >= 4 is 17.2 Å². The molecule has 1 atom stereocenters. The molecule has 1 aliphatic heterocycles. The Morgan fingerprint density at radius 1 is 0.950 bits per heavy atom. The minimum absolute atomic E-state index is 0.0911. The van der Waals surface area contributed by atoms with Gasteiger partial charge in [-0.15, -0.1) is 0 Å². The number of carbonyl (C=O) groups excluding carboxylic acids is 1. The average Bonchev–Trinajstić information content (AvgIpc) is 2.92. The summed E-state index contributed by atoms with van der Waals surface area (Å²) in [5.41, 5.74) is 9.99. The lowest BCUT2D eigenvalue weighted by Gasteiger charge is -2.56. The van der Waals surface area contributed by atoms with Crippen molar-refractivity contribution in [3.63, 3.8) is 0 Å². The van der Waals surface area contributed by atoms with Crippen molar-refractivity contribution < 1.29 is 4.79 Å². The summed E-state index contributed by atoms with van der Waals surface area (Å²) in [5, 5.41) is 3.19. The molecular weight excluding hydrogens is 492 g/mol. The van der Waals surface area contributed by atoms with Gasteiger partial charge < -0.3 is 15.1 Å². The van der Waals surface area contributed by atoms with E-state index in [1.54, 1.807) is 11.8 Å². The topological polar surface area (TPSA) is 48.5 Å². The molecule has 0 unspecified atom stereocenters. The molecule has 210 valence electrons. The fraction of sp³-hybridized carbons (Fsp3) is 0.429. The average molecular weight is 537 g/mol. The second kappa shape index (κ2) is 12.0. The predicted octanol–water partition coefficient (Wildman–Crippen LogP) is 7.03. The Labute approximate surface area is 240 Å². The number of pyridine rings is 1. The SMILES string of the molecule is CCCN(CCC)c1cncc(C(=O)N[C@H](C)c2ccc(C(=C3CC4(C3)CN(C)C4)c3ccc(C)cc3)cc2)c1. The molecule has 3 aromatic rings. The van der Waals surface area contributed by atoms with Crippen LogP contribution < -0.4 is 10.2 Å². The first-order chi connectivity index (χ1) is 19.3. The van der Waals surface area contributed by atoms with Crippen molar-refractivity contribution in [1.29, 1.82) is 0 Å². The van der Waals surface area contributed by atoms with Crippen LogP contribution in [0.25, 0.3) is 5.57 Å². The Balaban J connectivity index is 1.31. The second-order valence-corrected chi connectivity index (χ2v) is 12.1. The van der Waals surface area contributed by atoms with Gasteiger partial charge in [0.2, 0.25) is 0 Å². The van der Waals surface area contributed by atoms with E-state index in [0.29, 0.717) is 11.0 Å². The monoisotopic (exact) mass is 536 g/mol. The Morgan fingerprint density at radius 2 is 1.55 bits per heavy atom. The number of carbonyl (C=O) groups is 1. The zero-order valence-corrected chi connectivity index (χ0v) is 24.8. The van der Waals surface area contributed by atoms with Crippen LogP contribution in [0, 0.1) is 12.3 Å². The highest BCUT2D eigenvalue weighted by Crippen LogP contribution is 2.54. The molecule has 2 aromatic carbocycles. The van der Waals surface area contributed by atoms with Gasteiger partial charge in [0, 0.05) is 37.8 Å². The third-order valence-electron chi connectivity index (χ3n) is 8.47. The lowest BCUT2D eigenvalue weighted by molar-refractivity contribution is -0.0106. The Kier molecular flexibility index (Phi) is 8.41. The maximum atomic E-state index is 13.2. The second-order valence-electron chi connectivity index (χ2n) is 12.1. The molecule has 0 bridgehead atoms. The smallest absolute Gasteiger partial charge is 0.253 e. The zero-order chi connectivity index (χ0) is 28.3. The van der Waals surface area contributed by atoms with Crippen molar-refractivity contribution in [3.8, 4) is 0 Å². The summed E-state index contributed by atoms with van der Waals surface area (Å²) >= 11 is 0. The number of allylic oxidation sites excluding steroid dienone is 1. The number of rotatable bonds is 10. The zero-order valence-electron chi connectivity index (χ0n) is 24.8. The number of hydrogen-bond acceptors (Lipinski definition) is 4. The molecule has 5 rings (SSSR count). The number of benzene rings is 2. The Morgan fingerprint density at radius 3 is 2.12 bits per heavy atom. The minimum Gasteiger partial charge on any atom is -0.370 e. The van der Waals surface area contributed by atoms with Crippen molar-refractivity contribution in [2.24, 2.45) is 5.41 Å². The van der Waals surface area contributed by atoms with E-state index in [1.165, 1.54) is 48.2 Å². The molecule has 5 nitrogen and oxygen atoms in total. The quantitative estimate of drug-likeness (QED) is 0.302. The molecule has 40 heavy (non-hydrogen) atoms.